The summed E-state index contributed by atoms with van der Waals surface area (Å²) in [6, 6.07) is 0. The third-order valence-corrected chi connectivity index (χ3v) is 6.04. The molecule has 0 bridgehead atoms. The Morgan fingerprint density at radius 2 is 1.51 bits per heavy atom. The van der Waals surface area contributed by atoms with Gasteiger partial charge in [-0.05, 0) is 65.3 Å². The first kappa shape index (κ1) is 37.0. The summed E-state index contributed by atoms with van der Waals surface area (Å²) in [5.41, 5.74) is 3.04. The molecule has 0 saturated heterocycles. The van der Waals surface area contributed by atoms with Crippen molar-refractivity contribution in [1.29, 1.82) is 0 Å². The van der Waals surface area contributed by atoms with Gasteiger partial charge < -0.3 is 25.4 Å². The van der Waals surface area contributed by atoms with E-state index in [-0.39, 0.29) is 5.91 Å². The average molecular weight is 550 g/mol. The molecular formula is C31H59N5O3. The molecule has 0 aliphatic heterocycles. The van der Waals surface area contributed by atoms with Crippen molar-refractivity contribution in [3.8, 4) is 0 Å². The van der Waals surface area contributed by atoms with Gasteiger partial charge in [0.2, 0.25) is 5.91 Å². The number of aliphatic imine (C=N–C) groups is 2. The summed E-state index contributed by atoms with van der Waals surface area (Å²) in [7, 11) is 0. The van der Waals surface area contributed by atoms with Gasteiger partial charge >= 0.3 is 0 Å². The molecule has 8 heteroatoms. The molecule has 0 rings (SSSR count). The van der Waals surface area contributed by atoms with Crippen molar-refractivity contribution in [2.24, 2.45) is 9.98 Å². The molecule has 0 heterocycles. The van der Waals surface area contributed by atoms with E-state index in [0.29, 0.717) is 39.3 Å². The van der Waals surface area contributed by atoms with Gasteiger partial charge in [0, 0.05) is 57.4 Å². The number of amides is 1. The minimum atomic E-state index is 0.0841. The van der Waals surface area contributed by atoms with E-state index in [0.717, 1.165) is 69.6 Å². The van der Waals surface area contributed by atoms with E-state index in [1.807, 2.05) is 20.1 Å². The van der Waals surface area contributed by atoms with Crippen LogP contribution in [0.15, 0.2) is 33.7 Å². The summed E-state index contributed by atoms with van der Waals surface area (Å²) >= 11 is 0. The van der Waals surface area contributed by atoms with Gasteiger partial charge in [-0.25, -0.2) is 0 Å². The van der Waals surface area contributed by atoms with Gasteiger partial charge in [0.25, 0.3) is 0 Å². The maximum Gasteiger partial charge on any atom is 0.220 e. The average Bonchev–Trinajstić information content (AvgIpc) is 2.92. The third kappa shape index (κ3) is 26.0. The highest BCUT2D eigenvalue weighted by molar-refractivity contribution is 5.75. The number of rotatable bonds is 28. The molecule has 39 heavy (non-hydrogen) atoms. The van der Waals surface area contributed by atoms with Gasteiger partial charge in [0.15, 0.2) is 0 Å². The first-order chi connectivity index (χ1) is 19.0. The van der Waals surface area contributed by atoms with Crippen molar-refractivity contribution in [2.75, 3.05) is 52.6 Å². The Balaban J connectivity index is 3.54. The van der Waals surface area contributed by atoms with Crippen LogP contribution in [0.5, 0.6) is 0 Å². The lowest BCUT2D eigenvalue weighted by Gasteiger charge is -2.09. The van der Waals surface area contributed by atoms with Gasteiger partial charge in [-0.15, -0.1) is 0 Å². The molecular weight excluding hydrogens is 490 g/mol. The quantitative estimate of drug-likeness (QED) is 0.0829. The maximum atomic E-state index is 12.0. The van der Waals surface area contributed by atoms with E-state index in [4.69, 9.17) is 9.47 Å². The number of nitrogens with one attached hydrogen (secondary N) is 3. The highest BCUT2D eigenvalue weighted by Gasteiger charge is 2.03. The van der Waals surface area contributed by atoms with E-state index in [2.05, 4.69) is 46.4 Å². The Morgan fingerprint density at radius 3 is 2.23 bits per heavy atom. The number of nitrogens with zero attached hydrogens (tertiary/aromatic N) is 2. The van der Waals surface area contributed by atoms with Gasteiger partial charge in [-0.1, -0.05) is 46.1 Å². The zero-order chi connectivity index (χ0) is 28.8. The molecule has 0 aromatic carbocycles. The second kappa shape index (κ2) is 29.0. The number of hydrogen-bond donors (Lipinski definition) is 3. The van der Waals surface area contributed by atoms with E-state index in [1.54, 1.807) is 6.21 Å². The Kier molecular flexibility index (Phi) is 27.5. The van der Waals surface area contributed by atoms with Crippen molar-refractivity contribution >= 4 is 18.3 Å². The van der Waals surface area contributed by atoms with Crippen LogP contribution in [0.1, 0.15) is 105 Å². The molecule has 0 spiro atoms. The first-order valence-electron chi connectivity index (χ1n) is 15.3. The topological polar surface area (TPSA) is 96.3 Å². The second-order valence-electron chi connectivity index (χ2n) is 9.78. The van der Waals surface area contributed by atoms with Crippen molar-refractivity contribution in [3.63, 3.8) is 0 Å². The summed E-state index contributed by atoms with van der Waals surface area (Å²) in [6.45, 7) is 18.0. The van der Waals surface area contributed by atoms with E-state index in [1.165, 1.54) is 37.8 Å². The normalized spacial score (nSPS) is 12.3. The predicted octanol–water partition coefficient (Wildman–Crippen LogP) is 5.94. The highest BCUT2D eigenvalue weighted by atomic mass is 16.5. The Morgan fingerprint density at radius 1 is 0.795 bits per heavy atom. The van der Waals surface area contributed by atoms with Crippen LogP contribution in [0.2, 0.25) is 0 Å². The van der Waals surface area contributed by atoms with Crippen molar-refractivity contribution in [2.45, 2.75) is 105 Å². The molecule has 0 saturated carbocycles. The fraction of sp³-hybridized carbons (Fsp3) is 0.774. The lowest BCUT2D eigenvalue weighted by atomic mass is 10.2. The van der Waals surface area contributed by atoms with Crippen molar-refractivity contribution in [3.05, 3.63) is 23.7 Å². The number of hydrogen-bond acceptors (Lipinski definition) is 7. The molecule has 3 N–H and O–H groups in total. The van der Waals surface area contributed by atoms with Crippen LogP contribution in [0.3, 0.4) is 0 Å². The van der Waals surface area contributed by atoms with Crippen LogP contribution in [0.25, 0.3) is 0 Å². The van der Waals surface area contributed by atoms with E-state index >= 15 is 0 Å². The molecule has 0 atom stereocenters. The number of carbonyl (C=O) groups excluding carboxylic acids is 1. The minimum absolute atomic E-state index is 0.0841. The second-order valence-corrected chi connectivity index (χ2v) is 9.78. The monoisotopic (exact) mass is 549 g/mol. The van der Waals surface area contributed by atoms with Crippen LogP contribution in [0.4, 0.5) is 0 Å². The molecule has 226 valence electrons. The molecule has 0 unspecified atom stereocenters. The lowest BCUT2D eigenvalue weighted by molar-refractivity contribution is -0.121. The fourth-order valence-electron chi connectivity index (χ4n) is 3.66. The van der Waals surface area contributed by atoms with E-state index < -0.39 is 0 Å². The summed E-state index contributed by atoms with van der Waals surface area (Å²) < 4.78 is 11.3. The Bertz CT molecular complexity index is 692. The molecule has 0 radical (unpaired) electrons. The van der Waals surface area contributed by atoms with E-state index in [9.17, 15) is 4.79 Å². The highest BCUT2D eigenvalue weighted by Crippen LogP contribution is 2.06. The van der Waals surface area contributed by atoms with Crippen LogP contribution in [0, 0.1) is 0 Å². The molecule has 0 aliphatic carbocycles. The number of unbranched alkanes of at least 4 members (excludes halogenated alkanes) is 5. The molecule has 0 fully saturated rings. The lowest BCUT2D eigenvalue weighted by Crippen LogP contribution is -2.26. The summed E-state index contributed by atoms with van der Waals surface area (Å²) in [4.78, 5) is 20.9. The number of ether oxygens (including phenoxy) is 2. The van der Waals surface area contributed by atoms with Crippen molar-refractivity contribution < 1.29 is 14.3 Å². The van der Waals surface area contributed by atoms with Crippen LogP contribution < -0.4 is 16.0 Å². The molecule has 0 aliphatic rings. The Hall–Kier alpha value is -2.03. The van der Waals surface area contributed by atoms with Gasteiger partial charge in [-0.2, -0.15) is 0 Å². The third-order valence-electron chi connectivity index (χ3n) is 6.04. The van der Waals surface area contributed by atoms with Gasteiger partial charge in [0.1, 0.15) is 0 Å². The standard InChI is InChI=1S/C31H59N5O3/c1-6-9-17-28(4)34-21-13-11-12-14-23-38-25-26-39-24-16-22-36-31(37)18-15-19-32-27-30(29(5)33-8-3)35-20-10-7-2/h8,20,32,34H,4,6-7,9-19,21-27H2,1-3,5H3,(H,36,37)/b30-29+,33-8?,35-20?. The SMILES string of the molecule is C=C(CCCC)NCCCCCCOCCOCCCNC(=O)CCCNC/C(N=CCCC)=C(/C)N=CC. The Labute approximate surface area is 239 Å². The smallest absolute Gasteiger partial charge is 0.220 e. The predicted molar refractivity (Wildman–Crippen MR) is 167 cm³/mol. The fourth-order valence-corrected chi connectivity index (χ4v) is 3.66. The zero-order valence-corrected chi connectivity index (χ0v) is 25.6. The summed E-state index contributed by atoms with van der Waals surface area (Å²) in [5.74, 6) is 0.0841. The molecule has 0 aromatic heterocycles. The molecule has 8 nitrogen and oxygen atoms in total. The minimum Gasteiger partial charge on any atom is -0.389 e. The number of carbonyl (C=O) groups is 1. The molecule has 0 aromatic rings. The van der Waals surface area contributed by atoms with Crippen LogP contribution in [-0.4, -0.2) is 70.9 Å². The van der Waals surface area contributed by atoms with Crippen molar-refractivity contribution in [1.82, 2.24) is 16.0 Å². The molecule has 1 amide bonds. The maximum absolute atomic E-state index is 12.0. The first-order valence-corrected chi connectivity index (χ1v) is 15.3. The number of allylic oxidation sites excluding steroid dienone is 2. The largest absolute Gasteiger partial charge is 0.389 e. The summed E-state index contributed by atoms with van der Waals surface area (Å²) in [6.07, 6.45) is 16.1. The zero-order valence-electron chi connectivity index (χ0n) is 25.6. The van der Waals surface area contributed by atoms with Crippen LogP contribution >= 0.6 is 0 Å². The van der Waals surface area contributed by atoms with Gasteiger partial charge in [0.05, 0.1) is 24.6 Å². The summed E-state index contributed by atoms with van der Waals surface area (Å²) in [5, 5.41) is 9.76. The van der Waals surface area contributed by atoms with Crippen LogP contribution in [-0.2, 0) is 14.3 Å². The van der Waals surface area contributed by atoms with Gasteiger partial charge in [-0.3, -0.25) is 14.8 Å².